The van der Waals surface area contributed by atoms with Crippen LogP contribution in [0.1, 0.15) is 23.0 Å². The van der Waals surface area contributed by atoms with Crippen LogP contribution in [0.4, 0.5) is 5.82 Å². The van der Waals surface area contributed by atoms with Crippen molar-refractivity contribution in [3.05, 3.63) is 60.3 Å². The summed E-state index contributed by atoms with van der Waals surface area (Å²) >= 11 is 0. The summed E-state index contributed by atoms with van der Waals surface area (Å²) < 4.78 is 16.5. The van der Waals surface area contributed by atoms with Crippen LogP contribution in [0.25, 0.3) is 22.8 Å². The van der Waals surface area contributed by atoms with Crippen LogP contribution in [-0.4, -0.2) is 50.0 Å². The second-order valence-electron chi connectivity index (χ2n) is 7.07. The van der Waals surface area contributed by atoms with E-state index in [9.17, 15) is 9.90 Å². The average molecular weight is 478 g/mol. The molecule has 13 nitrogen and oxygen atoms in total. The molecule has 13 heteroatoms. The van der Waals surface area contributed by atoms with Crippen LogP contribution in [0.2, 0.25) is 0 Å². The Morgan fingerprint density at radius 2 is 1.97 bits per heavy atom. The molecule has 0 fully saturated rings. The van der Waals surface area contributed by atoms with E-state index in [4.69, 9.17) is 15.2 Å². The van der Waals surface area contributed by atoms with E-state index in [2.05, 4.69) is 42.7 Å². The Kier molecular flexibility index (Phi) is 6.48. The summed E-state index contributed by atoms with van der Waals surface area (Å²) in [5.41, 5.74) is 12.9. The van der Waals surface area contributed by atoms with E-state index in [0.717, 1.165) is 0 Å². The van der Waals surface area contributed by atoms with Gasteiger partial charge in [0.05, 0.1) is 19.4 Å². The molecule has 5 N–H and O–H groups in total. The van der Waals surface area contributed by atoms with Crippen molar-refractivity contribution in [1.29, 1.82) is 0 Å². The van der Waals surface area contributed by atoms with Gasteiger partial charge in [0.15, 0.2) is 17.2 Å². The second kappa shape index (κ2) is 9.82. The van der Waals surface area contributed by atoms with Crippen molar-refractivity contribution < 1.29 is 24.0 Å². The number of hydrogen-bond donors (Lipinski definition) is 4. The summed E-state index contributed by atoms with van der Waals surface area (Å²) in [4.78, 5) is 13.1. The minimum atomic E-state index is -0.609. The number of aromatic hydroxyl groups is 1. The van der Waals surface area contributed by atoms with Gasteiger partial charge in [-0.3, -0.25) is 15.6 Å². The highest BCUT2D eigenvalue weighted by molar-refractivity contribution is 5.98. The molecule has 4 rings (SSSR count). The number of rotatable bonds is 9. The van der Waals surface area contributed by atoms with Crippen molar-refractivity contribution in [2.45, 2.75) is 6.92 Å². The molecular weight excluding hydrogens is 456 g/mol. The smallest absolute Gasteiger partial charge is 0.292 e. The van der Waals surface area contributed by atoms with E-state index in [-0.39, 0.29) is 28.8 Å². The van der Waals surface area contributed by atoms with E-state index < -0.39 is 5.91 Å². The molecule has 0 saturated heterocycles. The average Bonchev–Trinajstić information content (AvgIpc) is 3.49. The minimum absolute atomic E-state index is 0.0219. The molecule has 2 heterocycles. The lowest BCUT2D eigenvalue weighted by atomic mass is 10.1. The topological polar surface area (TPSA) is 175 Å². The van der Waals surface area contributed by atoms with E-state index in [0.29, 0.717) is 34.9 Å². The number of nitrogen functional groups attached to an aromatic ring is 1. The molecule has 0 aliphatic rings. The fourth-order valence-corrected chi connectivity index (χ4v) is 3.18. The predicted octanol–water partition coefficient (Wildman–Crippen LogP) is 1.92. The normalized spacial score (nSPS) is 10.6. The van der Waals surface area contributed by atoms with Crippen molar-refractivity contribution >= 4 is 17.4 Å². The third-order valence-electron chi connectivity index (χ3n) is 4.88. The third kappa shape index (κ3) is 4.68. The number of phenolic OH excluding ortho intramolecular Hbond substituents is 1. The zero-order valence-electron chi connectivity index (χ0n) is 18.8. The molecule has 35 heavy (non-hydrogen) atoms. The maximum absolute atomic E-state index is 13.1. The number of ether oxygens (including phenoxy) is 2. The van der Waals surface area contributed by atoms with E-state index in [1.165, 1.54) is 17.9 Å². The second-order valence-corrected chi connectivity index (χ2v) is 7.07. The molecule has 1 amide bonds. The van der Waals surface area contributed by atoms with E-state index in [1.807, 2.05) is 6.92 Å². The predicted molar refractivity (Wildman–Crippen MR) is 125 cm³/mol. The van der Waals surface area contributed by atoms with Crippen molar-refractivity contribution in [3.63, 3.8) is 0 Å². The van der Waals surface area contributed by atoms with Crippen LogP contribution in [0.15, 0.2) is 53.7 Å². The van der Waals surface area contributed by atoms with Crippen molar-refractivity contribution in [2.24, 2.45) is 0 Å². The Morgan fingerprint density at radius 3 is 2.63 bits per heavy atom. The number of aromatic nitrogens is 5. The molecule has 0 atom stereocenters. The van der Waals surface area contributed by atoms with Gasteiger partial charge in [-0.2, -0.15) is 4.68 Å². The van der Waals surface area contributed by atoms with Gasteiger partial charge in [0.1, 0.15) is 11.4 Å². The largest absolute Gasteiger partial charge is 0.504 e. The fourth-order valence-electron chi connectivity index (χ4n) is 3.18. The van der Waals surface area contributed by atoms with E-state index >= 15 is 0 Å². The molecule has 0 aliphatic heterocycles. The van der Waals surface area contributed by atoms with Crippen LogP contribution >= 0.6 is 0 Å². The third-order valence-corrected chi connectivity index (χ3v) is 4.88. The molecule has 0 bridgehead atoms. The molecule has 0 unspecified atom stereocenters. The number of nitrogens with two attached hydrogens (primary N) is 1. The fraction of sp³-hybridized carbons (Fsp3) is 0.136. The van der Waals surface area contributed by atoms with Crippen molar-refractivity contribution in [2.75, 3.05) is 19.5 Å². The van der Waals surface area contributed by atoms with Gasteiger partial charge in [0.2, 0.25) is 11.6 Å². The van der Waals surface area contributed by atoms with Crippen LogP contribution in [0.5, 0.6) is 17.2 Å². The lowest BCUT2D eigenvalue weighted by Crippen LogP contribution is -2.36. The number of nitrogens with one attached hydrogen (secondary N) is 2. The van der Waals surface area contributed by atoms with Gasteiger partial charge < -0.3 is 20.3 Å². The summed E-state index contributed by atoms with van der Waals surface area (Å²) in [6.07, 6.45) is 0. The van der Waals surface area contributed by atoms with Crippen molar-refractivity contribution in [3.8, 4) is 34.3 Å². The molecule has 2 aromatic carbocycles. The first-order valence-corrected chi connectivity index (χ1v) is 10.3. The van der Waals surface area contributed by atoms with Gasteiger partial charge in [-0.1, -0.05) is 11.8 Å². The first-order valence-electron chi connectivity index (χ1n) is 10.3. The number of anilines is 1. The quantitative estimate of drug-likeness (QED) is 0.259. The molecular formula is C22H22N8O5. The maximum atomic E-state index is 13.1. The summed E-state index contributed by atoms with van der Waals surface area (Å²) in [5, 5.41) is 25.1. The summed E-state index contributed by atoms with van der Waals surface area (Å²) in [6, 6.07) is 11.6. The zero-order chi connectivity index (χ0) is 24.9. The van der Waals surface area contributed by atoms with Crippen LogP contribution in [-0.2, 0) is 0 Å². The molecule has 180 valence electrons. The number of nitrogens with zero attached hydrogens (tertiary/aromatic N) is 5. The highest BCUT2D eigenvalue weighted by atomic mass is 16.6. The number of carbonyl (C=O) groups is 1. The number of hydrazine groups is 1. The Hall–Kier alpha value is -5.07. The standard InChI is InChI=1S/C22H22N8O5/c1-4-34-15-8-5-13(6-9-15)19-18(25-29-30(19)21-20(23)27-35-28-21)22(32)26-24-12(2)14-7-10-16(31)17(11-14)33-3/h5-11,24,31H,2,4H2,1,3H3,(H2,23,27)(H,26,32). The van der Waals surface area contributed by atoms with Gasteiger partial charge in [-0.15, -0.1) is 5.10 Å². The molecule has 0 spiro atoms. The van der Waals surface area contributed by atoms with Gasteiger partial charge in [0, 0.05) is 11.1 Å². The van der Waals surface area contributed by atoms with Crippen LogP contribution in [0.3, 0.4) is 0 Å². The first kappa shape index (κ1) is 23.1. The summed E-state index contributed by atoms with van der Waals surface area (Å²) in [5.74, 6) is 0.340. The van der Waals surface area contributed by atoms with Crippen LogP contribution < -0.4 is 26.1 Å². The number of phenols is 1. The number of hydrogen-bond acceptors (Lipinski definition) is 11. The Balaban J connectivity index is 1.62. The lowest BCUT2D eigenvalue weighted by molar-refractivity contribution is 0.0938. The number of amides is 1. The van der Waals surface area contributed by atoms with Crippen molar-refractivity contribution in [1.82, 2.24) is 36.2 Å². The zero-order valence-corrected chi connectivity index (χ0v) is 18.8. The minimum Gasteiger partial charge on any atom is -0.504 e. The summed E-state index contributed by atoms with van der Waals surface area (Å²) in [6.45, 7) is 6.29. The summed E-state index contributed by atoms with van der Waals surface area (Å²) in [7, 11) is 1.43. The molecule has 4 aromatic rings. The monoisotopic (exact) mass is 478 g/mol. The van der Waals surface area contributed by atoms with Crippen LogP contribution in [0, 0.1) is 0 Å². The SMILES string of the molecule is C=C(NNC(=O)c1nnn(-c2nonc2N)c1-c1ccc(OCC)cc1)c1ccc(O)c(OC)c1. The van der Waals surface area contributed by atoms with Gasteiger partial charge in [-0.05, 0) is 59.7 Å². The number of methoxy groups -OCH3 is 1. The van der Waals surface area contributed by atoms with E-state index in [1.54, 1.807) is 36.4 Å². The highest BCUT2D eigenvalue weighted by Gasteiger charge is 2.25. The van der Waals surface area contributed by atoms with Gasteiger partial charge >= 0.3 is 0 Å². The first-order chi connectivity index (χ1) is 16.9. The Morgan fingerprint density at radius 1 is 1.20 bits per heavy atom. The maximum Gasteiger partial charge on any atom is 0.292 e. The highest BCUT2D eigenvalue weighted by Crippen LogP contribution is 2.29. The Bertz CT molecular complexity index is 1360. The Labute approximate surface area is 199 Å². The molecule has 0 radical (unpaired) electrons. The molecule has 2 aromatic heterocycles. The van der Waals surface area contributed by atoms with Gasteiger partial charge in [-0.25, -0.2) is 4.63 Å². The number of benzene rings is 2. The lowest BCUT2D eigenvalue weighted by Gasteiger charge is -2.13. The molecule has 0 saturated carbocycles. The number of carbonyl (C=O) groups excluding carboxylic acids is 1. The van der Waals surface area contributed by atoms with Gasteiger partial charge in [0.25, 0.3) is 5.91 Å². The molecule has 0 aliphatic carbocycles.